The molecule has 0 aliphatic carbocycles. The molecule has 0 unspecified atom stereocenters. The first-order valence-electron chi connectivity index (χ1n) is 5.44. The van der Waals surface area contributed by atoms with Crippen molar-refractivity contribution >= 4 is 57.8 Å². The highest BCUT2D eigenvalue weighted by molar-refractivity contribution is 7.80. The topological polar surface area (TPSA) is 83.4 Å². The molecule has 1 aromatic rings. The Morgan fingerprint density at radius 3 is 2.75 bits per heavy atom. The van der Waals surface area contributed by atoms with Crippen LogP contribution in [0.2, 0.25) is 10.0 Å². The van der Waals surface area contributed by atoms with Crippen molar-refractivity contribution in [2.75, 3.05) is 0 Å². The zero-order chi connectivity index (χ0) is 14.9. The second-order valence-electron chi connectivity index (χ2n) is 3.94. The Hall–Kier alpha value is -1.57. The normalized spacial score (nSPS) is 18.8. The molecule has 2 rings (SSSR count). The van der Waals surface area contributed by atoms with Crippen LogP contribution in [0.5, 0.6) is 0 Å². The molecule has 1 aliphatic rings. The number of halogens is 2. The molecule has 1 aliphatic heterocycles. The molecule has 0 saturated carbocycles. The van der Waals surface area contributed by atoms with Crippen molar-refractivity contribution in [3.05, 3.63) is 28.2 Å². The first kappa shape index (κ1) is 14.8. The predicted octanol–water partition coefficient (Wildman–Crippen LogP) is 2.91. The van der Waals surface area contributed by atoms with E-state index in [2.05, 4.69) is 15.3 Å². The van der Waals surface area contributed by atoms with E-state index in [1.165, 1.54) is 6.07 Å². The van der Waals surface area contributed by atoms with Crippen LogP contribution in [-0.2, 0) is 4.79 Å². The number of benzene rings is 1. The molecule has 1 heterocycles. The number of carbonyl (C=O) groups is 1. The zero-order valence-corrected chi connectivity index (χ0v) is 12.6. The van der Waals surface area contributed by atoms with Crippen LogP contribution in [0.3, 0.4) is 0 Å². The Labute approximate surface area is 130 Å². The van der Waals surface area contributed by atoms with E-state index in [-0.39, 0.29) is 5.11 Å². The van der Waals surface area contributed by atoms with Gasteiger partial charge in [0.2, 0.25) is 0 Å². The summed E-state index contributed by atoms with van der Waals surface area (Å²) in [5.41, 5.74) is 6.25. The summed E-state index contributed by atoms with van der Waals surface area (Å²) >= 11 is 16.5. The highest BCUT2D eigenvalue weighted by Gasteiger charge is 2.35. The van der Waals surface area contributed by atoms with Gasteiger partial charge in [-0.1, -0.05) is 23.2 Å². The summed E-state index contributed by atoms with van der Waals surface area (Å²) in [6.07, 6.45) is 0. The average Bonchev–Trinajstić information content (AvgIpc) is 2.65. The summed E-state index contributed by atoms with van der Waals surface area (Å²) in [4.78, 5) is 12.0. The lowest BCUT2D eigenvalue weighted by atomic mass is 10.2. The largest absolute Gasteiger partial charge is 0.374 e. The smallest absolute Gasteiger partial charge is 0.282 e. The van der Waals surface area contributed by atoms with Gasteiger partial charge in [0.15, 0.2) is 11.2 Å². The first-order chi connectivity index (χ1) is 9.40. The fourth-order valence-corrected chi connectivity index (χ4v) is 2.11. The summed E-state index contributed by atoms with van der Waals surface area (Å²) < 4.78 is 0. The van der Waals surface area contributed by atoms with Gasteiger partial charge in [-0.3, -0.25) is 4.79 Å². The maximum atomic E-state index is 12.0. The van der Waals surface area contributed by atoms with Crippen LogP contribution in [0.4, 0.5) is 5.69 Å². The van der Waals surface area contributed by atoms with E-state index in [1.807, 2.05) is 0 Å². The molecule has 20 heavy (non-hydrogen) atoms. The van der Waals surface area contributed by atoms with E-state index in [9.17, 15) is 4.79 Å². The Kier molecular flexibility index (Phi) is 4.32. The standard InChI is InChI=1S/C11H9Cl2N5OS/c1-5-9(10(19)18(17-5)11(14)20)16-15-8-3-2-6(12)4-7(8)13/h2-4,9H,1H3,(H2,14,20)/t9-/m1/s1. The van der Waals surface area contributed by atoms with Crippen LogP contribution in [0.15, 0.2) is 33.5 Å². The highest BCUT2D eigenvalue weighted by atomic mass is 35.5. The van der Waals surface area contributed by atoms with Gasteiger partial charge in [-0.25, -0.2) is 0 Å². The summed E-state index contributed by atoms with van der Waals surface area (Å²) in [6.45, 7) is 1.64. The van der Waals surface area contributed by atoms with Gasteiger partial charge in [-0.05, 0) is 37.3 Å². The van der Waals surface area contributed by atoms with E-state index in [1.54, 1.807) is 19.1 Å². The first-order valence-corrected chi connectivity index (χ1v) is 6.61. The molecule has 0 saturated heterocycles. The number of hydrazone groups is 1. The van der Waals surface area contributed by atoms with E-state index in [4.69, 9.17) is 41.2 Å². The lowest BCUT2D eigenvalue weighted by molar-refractivity contribution is -0.126. The number of hydrogen-bond acceptors (Lipinski definition) is 5. The third-order valence-electron chi connectivity index (χ3n) is 2.50. The molecule has 0 spiro atoms. The summed E-state index contributed by atoms with van der Waals surface area (Å²) in [5.74, 6) is -0.441. The molecule has 0 bridgehead atoms. The van der Waals surface area contributed by atoms with Gasteiger partial charge < -0.3 is 5.73 Å². The third-order valence-corrected chi connectivity index (χ3v) is 3.21. The number of carbonyl (C=O) groups excluding carboxylic acids is 1. The van der Waals surface area contributed by atoms with Crippen molar-refractivity contribution in [3.63, 3.8) is 0 Å². The van der Waals surface area contributed by atoms with Crippen molar-refractivity contribution < 1.29 is 4.79 Å². The van der Waals surface area contributed by atoms with Crippen LogP contribution in [0.1, 0.15) is 6.92 Å². The third kappa shape index (κ3) is 2.95. The number of nitrogens with two attached hydrogens (primary N) is 1. The molecule has 6 nitrogen and oxygen atoms in total. The van der Waals surface area contributed by atoms with Gasteiger partial charge >= 0.3 is 0 Å². The molecule has 1 atom stereocenters. The molecule has 1 amide bonds. The number of rotatable bonds is 2. The lowest BCUT2D eigenvalue weighted by Gasteiger charge is -2.08. The Morgan fingerprint density at radius 1 is 1.50 bits per heavy atom. The number of thiocarbonyl (C=S) groups is 1. The van der Waals surface area contributed by atoms with Crippen molar-refractivity contribution in [1.82, 2.24) is 5.01 Å². The summed E-state index contributed by atoms with van der Waals surface area (Å²) in [5, 5.41) is 13.4. The van der Waals surface area contributed by atoms with E-state index >= 15 is 0 Å². The zero-order valence-electron chi connectivity index (χ0n) is 10.2. The van der Waals surface area contributed by atoms with Crippen molar-refractivity contribution in [2.24, 2.45) is 21.1 Å². The minimum atomic E-state index is -0.844. The number of amides is 1. The minimum Gasteiger partial charge on any atom is -0.374 e. The van der Waals surface area contributed by atoms with E-state index in [0.29, 0.717) is 21.4 Å². The molecular weight excluding hydrogens is 321 g/mol. The van der Waals surface area contributed by atoms with Crippen LogP contribution in [-0.4, -0.2) is 27.8 Å². The fraction of sp³-hybridized carbons (Fsp3) is 0.182. The fourth-order valence-electron chi connectivity index (χ4n) is 1.53. The molecule has 104 valence electrons. The molecule has 0 fully saturated rings. The van der Waals surface area contributed by atoms with Crippen molar-refractivity contribution in [2.45, 2.75) is 13.0 Å². The quantitative estimate of drug-likeness (QED) is 0.668. The lowest BCUT2D eigenvalue weighted by Crippen LogP contribution is -2.37. The maximum Gasteiger partial charge on any atom is 0.282 e. The predicted molar refractivity (Wildman–Crippen MR) is 81.5 cm³/mol. The molecule has 1 aromatic carbocycles. The van der Waals surface area contributed by atoms with Gasteiger partial charge in [-0.2, -0.15) is 20.3 Å². The molecular formula is C11H9Cl2N5OS. The van der Waals surface area contributed by atoms with Crippen LogP contribution >= 0.6 is 35.4 Å². The molecule has 2 N–H and O–H groups in total. The summed E-state index contributed by atoms with van der Waals surface area (Å²) in [7, 11) is 0. The van der Waals surface area contributed by atoms with Gasteiger partial charge in [0.1, 0.15) is 5.69 Å². The highest BCUT2D eigenvalue weighted by Crippen LogP contribution is 2.28. The number of azo groups is 1. The molecule has 0 aromatic heterocycles. The Morgan fingerprint density at radius 2 is 2.20 bits per heavy atom. The van der Waals surface area contributed by atoms with Crippen molar-refractivity contribution in [1.29, 1.82) is 0 Å². The maximum absolute atomic E-state index is 12.0. The second-order valence-corrected chi connectivity index (χ2v) is 5.21. The Bertz CT molecular complexity index is 646. The molecule has 0 radical (unpaired) electrons. The Balaban J connectivity index is 2.22. The second kappa shape index (κ2) is 5.82. The van der Waals surface area contributed by atoms with Gasteiger partial charge in [0.25, 0.3) is 5.91 Å². The van der Waals surface area contributed by atoms with Gasteiger partial charge in [-0.15, -0.1) is 0 Å². The number of nitrogens with zero attached hydrogens (tertiary/aromatic N) is 4. The monoisotopic (exact) mass is 329 g/mol. The minimum absolute atomic E-state index is 0.128. The molecule has 9 heteroatoms. The average molecular weight is 330 g/mol. The van der Waals surface area contributed by atoms with Gasteiger partial charge in [0.05, 0.1) is 10.7 Å². The SMILES string of the molecule is CC1=NN(C(N)=S)C(=O)[C@@H]1N=Nc1ccc(Cl)cc1Cl. The van der Waals surface area contributed by atoms with Gasteiger partial charge in [0, 0.05) is 5.02 Å². The van der Waals surface area contributed by atoms with Crippen LogP contribution in [0.25, 0.3) is 0 Å². The summed E-state index contributed by atoms with van der Waals surface area (Å²) in [6, 6.07) is 3.92. The van der Waals surface area contributed by atoms with Crippen LogP contribution < -0.4 is 5.73 Å². The van der Waals surface area contributed by atoms with E-state index < -0.39 is 11.9 Å². The number of hydrogen-bond donors (Lipinski definition) is 1. The van der Waals surface area contributed by atoms with E-state index in [0.717, 1.165) is 5.01 Å². The van der Waals surface area contributed by atoms with Crippen molar-refractivity contribution in [3.8, 4) is 0 Å². The van der Waals surface area contributed by atoms with Crippen LogP contribution in [0, 0.1) is 0 Å².